The normalized spacial score (nSPS) is 13.2. The number of carboxylic acid groups (broad SMARTS) is 1. The SMILES string of the molecule is CC(=O)OC[C@H](OC(C)=O)C(OCCO)n1nc(C)nc1C(=O)O. The second kappa shape index (κ2) is 8.93. The number of carbonyl (C=O) groups is 3. The lowest BCUT2D eigenvalue weighted by molar-refractivity contribution is -0.176. The lowest BCUT2D eigenvalue weighted by Crippen LogP contribution is -2.37. The molecule has 0 saturated heterocycles. The molecule has 0 amide bonds. The minimum Gasteiger partial charge on any atom is -0.475 e. The number of carboxylic acids is 1. The van der Waals surface area contributed by atoms with Crippen molar-refractivity contribution in [1.29, 1.82) is 0 Å². The summed E-state index contributed by atoms with van der Waals surface area (Å²) in [6.45, 7) is 2.82. The zero-order valence-electron chi connectivity index (χ0n) is 13.5. The van der Waals surface area contributed by atoms with Crippen molar-refractivity contribution >= 4 is 17.9 Å². The number of hydrogen-bond acceptors (Lipinski definition) is 9. The summed E-state index contributed by atoms with van der Waals surface area (Å²) in [5.74, 6) is -2.99. The Balaban J connectivity index is 3.21. The highest BCUT2D eigenvalue weighted by Crippen LogP contribution is 2.19. The van der Waals surface area contributed by atoms with Gasteiger partial charge in [-0.1, -0.05) is 0 Å². The van der Waals surface area contributed by atoms with Crippen LogP contribution in [0.4, 0.5) is 0 Å². The molecule has 0 spiro atoms. The van der Waals surface area contributed by atoms with Gasteiger partial charge in [0.25, 0.3) is 0 Å². The van der Waals surface area contributed by atoms with Gasteiger partial charge in [0.15, 0.2) is 12.3 Å². The van der Waals surface area contributed by atoms with Crippen molar-refractivity contribution in [2.45, 2.75) is 33.1 Å². The van der Waals surface area contributed by atoms with Gasteiger partial charge in [-0.2, -0.15) is 5.10 Å². The van der Waals surface area contributed by atoms with Crippen LogP contribution in [0, 0.1) is 6.92 Å². The van der Waals surface area contributed by atoms with Crippen molar-refractivity contribution in [3.8, 4) is 0 Å². The Morgan fingerprint density at radius 1 is 1.25 bits per heavy atom. The van der Waals surface area contributed by atoms with Crippen molar-refractivity contribution in [2.24, 2.45) is 0 Å². The van der Waals surface area contributed by atoms with E-state index in [0.29, 0.717) is 0 Å². The highest BCUT2D eigenvalue weighted by Gasteiger charge is 2.33. The largest absolute Gasteiger partial charge is 0.475 e. The van der Waals surface area contributed by atoms with Crippen LogP contribution < -0.4 is 0 Å². The molecule has 24 heavy (non-hydrogen) atoms. The Morgan fingerprint density at radius 3 is 2.42 bits per heavy atom. The van der Waals surface area contributed by atoms with Gasteiger partial charge < -0.3 is 24.4 Å². The van der Waals surface area contributed by atoms with Crippen molar-refractivity contribution in [3.63, 3.8) is 0 Å². The first-order chi connectivity index (χ1) is 11.3. The minimum atomic E-state index is -1.37. The van der Waals surface area contributed by atoms with E-state index in [9.17, 15) is 19.5 Å². The molecule has 0 aliphatic rings. The molecule has 0 aromatic carbocycles. The third kappa shape index (κ3) is 5.59. The van der Waals surface area contributed by atoms with Crippen molar-refractivity contribution in [2.75, 3.05) is 19.8 Å². The van der Waals surface area contributed by atoms with Crippen LogP contribution in [-0.4, -0.2) is 68.8 Å². The summed E-state index contributed by atoms with van der Waals surface area (Å²) in [6.07, 6.45) is -2.44. The molecule has 11 heteroatoms. The fourth-order valence-electron chi connectivity index (χ4n) is 1.85. The van der Waals surface area contributed by atoms with Crippen LogP contribution in [-0.2, 0) is 23.8 Å². The molecule has 0 saturated carbocycles. The molecule has 1 rings (SSSR count). The highest BCUT2D eigenvalue weighted by molar-refractivity contribution is 5.83. The molecule has 1 aromatic rings. The molecule has 2 atom stereocenters. The van der Waals surface area contributed by atoms with Crippen LogP contribution in [0.3, 0.4) is 0 Å². The summed E-state index contributed by atoms with van der Waals surface area (Å²) >= 11 is 0. The molecule has 0 fully saturated rings. The molecule has 0 aliphatic carbocycles. The third-order valence-corrected chi connectivity index (χ3v) is 2.64. The van der Waals surface area contributed by atoms with Crippen LogP contribution >= 0.6 is 0 Å². The number of esters is 2. The molecular formula is C13H19N3O8. The van der Waals surface area contributed by atoms with Crippen LogP contribution in [0.1, 0.15) is 36.5 Å². The van der Waals surface area contributed by atoms with E-state index in [1.807, 2.05) is 0 Å². The number of rotatable bonds is 9. The van der Waals surface area contributed by atoms with E-state index in [2.05, 4.69) is 10.1 Å². The van der Waals surface area contributed by atoms with Crippen LogP contribution in [0.15, 0.2) is 0 Å². The van der Waals surface area contributed by atoms with E-state index >= 15 is 0 Å². The first kappa shape index (κ1) is 19.5. The molecule has 0 radical (unpaired) electrons. The maximum atomic E-state index is 11.3. The Kier molecular flexibility index (Phi) is 7.27. The minimum absolute atomic E-state index is 0.152. The maximum absolute atomic E-state index is 11.3. The number of aromatic nitrogens is 3. The lowest BCUT2D eigenvalue weighted by Gasteiger charge is -2.26. The molecular weight excluding hydrogens is 326 g/mol. The van der Waals surface area contributed by atoms with Crippen LogP contribution in [0.25, 0.3) is 0 Å². The number of ether oxygens (including phenoxy) is 3. The Labute approximate surface area is 137 Å². The predicted octanol–water partition coefficient (Wildman–Crippen LogP) is -0.713. The lowest BCUT2D eigenvalue weighted by atomic mass is 10.3. The van der Waals surface area contributed by atoms with Crippen molar-refractivity contribution in [1.82, 2.24) is 14.8 Å². The highest BCUT2D eigenvalue weighted by atomic mass is 16.6. The topological polar surface area (TPSA) is 150 Å². The van der Waals surface area contributed by atoms with Gasteiger partial charge in [-0.25, -0.2) is 14.5 Å². The van der Waals surface area contributed by atoms with Crippen LogP contribution in [0.5, 0.6) is 0 Å². The summed E-state index contributed by atoms with van der Waals surface area (Å²) in [6, 6.07) is 0. The number of hydrogen-bond donors (Lipinski definition) is 2. The number of carbonyl (C=O) groups excluding carboxylic acids is 2. The van der Waals surface area contributed by atoms with Crippen LogP contribution in [0.2, 0.25) is 0 Å². The Morgan fingerprint density at radius 2 is 1.92 bits per heavy atom. The number of aromatic carboxylic acids is 1. The number of nitrogens with zero attached hydrogens (tertiary/aromatic N) is 3. The summed E-state index contributed by atoms with van der Waals surface area (Å²) < 4.78 is 16.1. The molecule has 1 unspecified atom stereocenters. The summed E-state index contributed by atoms with van der Waals surface area (Å²) in [5, 5.41) is 22.1. The Hall–Kier alpha value is -2.53. The van der Waals surface area contributed by atoms with Gasteiger partial charge >= 0.3 is 17.9 Å². The molecule has 134 valence electrons. The first-order valence-corrected chi connectivity index (χ1v) is 6.95. The third-order valence-electron chi connectivity index (χ3n) is 2.64. The van der Waals surface area contributed by atoms with Crippen molar-refractivity contribution in [3.05, 3.63) is 11.6 Å². The standard InChI is InChI=1S/C13H19N3O8/c1-7-14-11(13(20)21)16(15-7)12(22-5-4-17)10(24-9(3)19)6-23-8(2)18/h10,12,17H,4-6H2,1-3H3,(H,20,21)/t10-,12?/m0/s1. The molecule has 2 N–H and O–H groups in total. The van der Waals surface area contributed by atoms with E-state index in [1.54, 1.807) is 0 Å². The number of aliphatic hydroxyl groups excluding tert-OH is 1. The fraction of sp³-hybridized carbons (Fsp3) is 0.615. The molecule has 11 nitrogen and oxygen atoms in total. The van der Waals surface area contributed by atoms with E-state index in [0.717, 1.165) is 18.5 Å². The van der Waals surface area contributed by atoms with E-state index in [1.165, 1.54) is 6.92 Å². The van der Waals surface area contributed by atoms with Gasteiger partial charge in [0, 0.05) is 13.8 Å². The van der Waals surface area contributed by atoms with E-state index in [-0.39, 0.29) is 25.6 Å². The maximum Gasteiger partial charge on any atom is 0.373 e. The molecule has 0 aliphatic heterocycles. The summed E-state index contributed by atoms with van der Waals surface area (Å²) in [7, 11) is 0. The fourth-order valence-corrected chi connectivity index (χ4v) is 1.85. The van der Waals surface area contributed by atoms with Gasteiger partial charge in [-0.05, 0) is 6.92 Å². The summed E-state index contributed by atoms with van der Waals surface area (Å²) in [4.78, 5) is 37.4. The van der Waals surface area contributed by atoms with Gasteiger partial charge in [0.05, 0.1) is 13.2 Å². The first-order valence-electron chi connectivity index (χ1n) is 6.95. The smallest absolute Gasteiger partial charge is 0.373 e. The predicted molar refractivity (Wildman–Crippen MR) is 76.0 cm³/mol. The monoisotopic (exact) mass is 345 g/mol. The zero-order chi connectivity index (χ0) is 18.3. The quantitative estimate of drug-likeness (QED) is 0.549. The van der Waals surface area contributed by atoms with Crippen molar-refractivity contribution < 1.29 is 38.8 Å². The molecule has 0 bridgehead atoms. The molecule has 1 heterocycles. The summed E-state index contributed by atoms with van der Waals surface area (Å²) in [5.41, 5.74) is 0. The number of aliphatic hydroxyl groups is 1. The van der Waals surface area contributed by atoms with Gasteiger partial charge in [-0.15, -0.1) is 0 Å². The zero-order valence-corrected chi connectivity index (χ0v) is 13.5. The molecule has 1 aromatic heterocycles. The second-order valence-corrected chi connectivity index (χ2v) is 4.67. The average molecular weight is 345 g/mol. The van der Waals surface area contributed by atoms with Gasteiger partial charge in [0.1, 0.15) is 12.4 Å². The van der Waals surface area contributed by atoms with E-state index in [4.69, 9.17) is 19.3 Å². The number of aryl methyl sites for hydroxylation is 1. The van der Waals surface area contributed by atoms with Gasteiger partial charge in [0.2, 0.25) is 5.82 Å². The van der Waals surface area contributed by atoms with Gasteiger partial charge in [-0.3, -0.25) is 9.59 Å². The van der Waals surface area contributed by atoms with E-state index < -0.39 is 36.1 Å². The average Bonchev–Trinajstić information content (AvgIpc) is 2.86. The Bertz CT molecular complexity index is 600. The second-order valence-electron chi connectivity index (χ2n) is 4.67.